The summed E-state index contributed by atoms with van der Waals surface area (Å²) in [5.41, 5.74) is 0.914. The van der Waals surface area contributed by atoms with Crippen LogP contribution in [-0.4, -0.2) is 52.4 Å². The second-order valence-corrected chi connectivity index (χ2v) is 6.97. The van der Waals surface area contributed by atoms with Crippen molar-refractivity contribution < 1.29 is 15.0 Å². The molecule has 2 aromatic rings. The van der Waals surface area contributed by atoms with E-state index in [0.29, 0.717) is 19.4 Å². The number of aliphatic hydroxyl groups is 2. The number of amides is 1. The van der Waals surface area contributed by atoms with E-state index in [-0.39, 0.29) is 25.5 Å². The summed E-state index contributed by atoms with van der Waals surface area (Å²) in [6.07, 6.45) is 0.104. The average Bonchev–Trinajstić information content (AvgIpc) is 2.96. The summed E-state index contributed by atoms with van der Waals surface area (Å²) in [6.45, 7) is 1.18. The van der Waals surface area contributed by atoms with Crippen LogP contribution in [0.25, 0.3) is 0 Å². The second kappa shape index (κ2) is 8.45. The molecule has 0 radical (unpaired) electrons. The average molecular weight is 354 g/mol. The smallest absolute Gasteiger partial charge is 0.223 e. The largest absolute Gasteiger partial charge is 0.388 e. The monoisotopic (exact) mass is 354 g/mol. The predicted molar refractivity (Wildman–Crippen MR) is 100 cm³/mol. The zero-order valence-electron chi connectivity index (χ0n) is 14.8. The number of benzene rings is 2. The van der Waals surface area contributed by atoms with Gasteiger partial charge >= 0.3 is 0 Å². The third kappa shape index (κ3) is 4.69. The maximum atomic E-state index is 12.4. The lowest BCUT2D eigenvalue weighted by Gasteiger charge is -2.26. The van der Waals surface area contributed by atoms with Crippen LogP contribution in [0, 0.1) is 0 Å². The van der Waals surface area contributed by atoms with E-state index in [1.807, 2.05) is 60.7 Å². The van der Waals surface area contributed by atoms with E-state index in [1.54, 1.807) is 4.90 Å². The van der Waals surface area contributed by atoms with Gasteiger partial charge in [-0.1, -0.05) is 60.7 Å². The van der Waals surface area contributed by atoms with Gasteiger partial charge in [0.15, 0.2) is 0 Å². The molecule has 0 unspecified atom stereocenters. The Kier molecular flexibility index (Phi) is 6.04. The molecule has 26 heavy (non-hydrogen) atoms. The standard InChI is InChI=1S/C21H26N2O3/c24-19-14-23(20(25)12-11-17-7-3-1-4-8-17)16-21(19,26)15-22-13-18-9-5-2-6-10-18/h1-10,19,22,24,26H,11-16H2/t19-,21+/m1/s1. The van der Waals surface area contributed by atoms with E-state index in [2.05, 4.69) is 5.32 Å². The lowest BCUT2D eigenvalue weighted by atomic mass is 10.0. The molecule has 1 saturated heterocycles. The van der Waals surface area contributed by atoms with Crippen LogP contribution in [0.5, 0.6) is 0 Å². The minimum atomic E-state index is -1.31. The SMILES string of the molecule is O=C(CCc1ccccc1)N1C[C@@H](O)[C@](O)(CNCc2ccccc2)C1. The molecule has 1 aliphatic rings. The Labute approximate surface area is 154 Å². The van der Waals surface area contributed by atoms with E-state index in [9.17, 15) is 15.0 Å². The summed E-state index contributed by atoms with van der Waals surface area (Å²) in [4.78, 5) is 14.0. The van der Waals surface area contributed by atoms with Gasteiger partial charge in [0, 0.05) is 26.1 Å². The Morgan fingerprint density at radius 3 is 2.35 bits per heavy atom. The number of aryl methyl sites for hydroxylation is 1. The predicted octanol–water partition coefficient (Wildman–Crippen LogP) is 1.34. The van der Waals surface area contributed by atoms with Crippen molar-refractivity contribution in [1.82, 2.24) is 10.2 Å². The van der Waals surface area contributed by atoms with Crippen LogP contribution in [0.2, 0.25) is 0 Å². The molecule has 0 aliphatic carbocycles. The summed E-state index contributed by atoms with van der Waals surface area (Å²) < 4.78 is 0. The molecule has 1 heterocycles. The highest BCUT2D eigenvalue weighted by Crippen LogP contribution is 2.22. The van der Waals surface area contributed by atoms with E-state index >= 15 is 0 Å². The number of β-amino-alcohol motifs (C(OH)–C–C–N with tert-alkyl or cyclic N) is 2. The van der Waals surface area contributed by atoms with Crippen molar-refractivity contribution in [3.8, 4) is 0 Å². The molecule has 5 heteroatoms. The molecule has 5 nitrogen and oxygen atoms in total. The van der Waals surface area contributed by atoms with Crippen molar-refractivity contribution >= 4 is 5.91 Å². The Hall–Kier alpha value is -2.21. The number of hydrogen-bond acceptors (Lipinski definition) is 4. The van der Waals surface area contributed by atoms with Crippen molar-refractivity contribution in [2.75, 3.05) is 19.6 Å². The minimum Gasteiger partial charge on any atom is -0.388 e. The molecule has 3 N–H and O–H groups in total. The number of nitrogens with one attached hydrogen (secondary N) is 1. The van der Waals surface area contributed by atoms with Crippen LogP contribution in [0.15, 0.2) is 60.7 Å². The van der Waals surface area contributed by atoms with Crippen LogP contribution in [0.1, 0.15) is 17.5 Å². The zero-order valence-corrected chi connectivity index (χ0v) is 14.8. The van der Waals surface area contributed by atoms with E-state index < -0.39 is 11.7 Å². The highest BCUT2D eigenvalue weighted by atomic mass is 16.3. The molecule has 2 atom stereocenters. The van der Waals surface area contributed by atoms with Crippen molar-refractivity contribution in [3.05, 3.63) is 71.8 Å². The first-order valence-corrected chi connectivity index (χ1v) is 9.04. The first-order chi connectivity index (χ1) is 12.6. The number of nitrogens with zero attached hydrogens (tertiary/aromatic N) is 1. The molecular weight excluding hydrogens is 328 g/mol. The van der Waals surface area contributed by atoms with Gasteiger partial charge in [0.1, 0.15) is 11.7 Å². The minimum absolute atomic E-state index is 0.0353. The van der Waals surface area contributed by atoms with Gasteiger partial charge in [-0.25, -0.2) is 0 Å². The molecule has 2 aromatic carbocycles. The van der Waals surface area contributed by atoms with E-state index in [0.717, 1.165) is 11.1 Å². The Morgan fingerprint density at radius 1 is 1.08 bits per heavy atom. The highest BCUT2D eigenvalue weighted by molar-refractivity contribution is 5.77. The number of carbonyl (C=O) groups is 1. The van der Waals surface area contributed by atoms with Crippen LogP contribution in [0.4, 0.5) is 0 Å². The Morgan fingerprint density at radius 2 is 1.69 bits per heavy atom. The van der Waals surface area contributed by atoms with Crippen molar-refractivity contribution in [1.29, 1.82) is 0 Å². The lowest BCUT2D eigenvalue weighted by Crippen LogP contribution is -2.50. The van der Waals surface area contributed by atoms with Gasteiger partial charge in [0.2, 0.25) is 5.91 Å². The molecule has 138 valence electrons. The zero-order chi connectivity index (χ0) is 18.4. The van der Waals surface area contributed by atoms with Crippen molar-refractivity contribution in [2.45, 2.75) is 31.1 Å². The fourth-order valence-corrected chi connectivity index (χ4v) is 3.32. The molecule has 0 aromatic heterocycles. The van der Waals surface area contributed by atoms with Crippen LogP contribution >= 0.6 is 0 Å². The summed E-state index contributed by atoms with van der Waals surface area (Å²) in [6, 6.07) is 19.7. The summed E-state index contributed by atoms with van der Waals surface area (Å²) in [5, 5.41) is 24.2. The van der Waals surface area contributed by atoms with E-state index in [1.165, 1.54) is 0 Å². The molecular formula is C21H26N2O3. The first-order valence-electron chi connectivity index (χ1n) is 9.04. The number of aliphatic hydroxyl groups excluding tert-OH is 1. The number of hydrogen-bond donors (Lipinski definition) is 3. The fourth-order valence-electron chi connectivity index (χ4n) is 3.32. The molecule has 0 spiro atoms. The van der Waals surface area contributed by atoms with Gasteiger partial charge < -0.3 is 20.4 Å². The number of carbonyl (C=O) groups excluding carboxylic acids is 1. The third-order valence-corrected chi connectivity index (χ3v) is 4.90. The molecule has 1 amide bonds. The Balaban J connectivity index is 1.48. The molecule has 1 fully saturated rings. The van der Waals surface area contributed by atoms with Gasteiger partial charge in [-0.05, 0) is 17.5 Å². The van der Waals surface area contributed by atoms with Crippen LogP contribution in [-0.2, 0) is 17.8 Å². The summed E-state index contributed by atoms with van der Waals surface area (Å²) >= 11 is 0. The molecule has 0 bridgehead atoms. The first kappa shape index (κ1) is 18.6. The van der Waals surface area contributed by atoms with Crippen LogP contribution < -0.4 is 5.32 Å². The van der Waals surface area contributed by atoms with Crippen molar-refractivity contribution in [2.24, 2.45) is 0 Å². The van der Waals surface area contributed by atoms with Gasteiger partial charge in [-0.3, -0.25) is 4.79 Å². The molecule has 1 aliphatic heterocycles. The normalized spacial score (nSPS) is 22.5. The fraction of sp³-hybridized carbons (Fsp3) is 0.381. The quantitative estimate of drug-likeness (QED) is 0.702. The summed E-state index contributed by atoms with van der Waals surface area (Å²) in [7, 11) is 0. The van der Waals surface area contributed by atoms with E-state index in [4.69, 9.17) is 0 Å². The van der Waals surface area contributed by atoms with Gasteiger partial charge in [0.05, 0.1) is 6.54 Å². The topological polar surface area (TPSA) is 72.8 Å². The van der Waals surface area contributed by atoms with Gasteiger partial charge in [-0.2, -0.15) is 0 Å². The number of likely N-dealkylation sites (tertiary alicyclic amines) is 1. The van der Waals surface area contributed by atoms with Gasteiger partial charge in [-0.15, -0.1) is 0 Å². The van der Waals surface area contributed by atoms with Crippen LogP contribution in [0.3, 0.4) is 0 Å². The highest BCUT2D eigenvalue weighted by Gasteiger charge is 2.45. The van der Waals surface area contributed by atoms with Crippen molar-refractivity contribution in [3.63, 3.8) is 0 Å². The maximum absolute atomic E-state index is 12.4. The maximum Gasteiger partial charge on any atom is 0.223 e. The number of rotatable bonds is 7. The summed E-state index contributed by atoms with van der Waals surface area (Å²) in [5.74, 6) is -0.0353. The van der Waals surface area contributed by atoms with Gasteiger partial charge in [0.25, 0.3) is 0 Å². The molecule has 3 rings (SSSR count). The Bertz CT molecular complexity index is 708. The second-order valence-electron chi connectivity index (χ2n) is 6.97. The molecule has 0 saturated carbocycles. The lowest BCUT2D eigenvalue weighted by molar-refractivity contribution is -0.131. The third-order valence-electron chi connectivity index (χ3n) is 4.90.